The number of hydrogen-bond acceptors (Lipinski definition) is 5. The lowest BCUT2D eigenvalue weighted by atomic mass is 9.86. The highest BCUT2D eigenvalue weighted by Gasteiger charge is 2.43. The minimum absolute atomic E-state index is 0.0195. The summed E-state index contributed by atoms with van der Waals surface area (Å²) in [7, 11) is 0. The lowest BCUT2D eigenvalue weighted by molar-refractivity contribution is -0.385. The van der Waals surface area contributed by atoms with Gasteiger partial charge in [0.15, 0.2) is 0 Å². The fourth-order valence-electron chi connectivity index (χ4n) is 3.14. The van der Waals surface area contributed by atoms with E-state index in [1.54, 1.807) is 19.9 Å². The van der Waals surface area contributed by atoms with Crippen LogP contribution in [0.1, 0.15) is 31.0 Å². The SMILES string of the molecule is CC1(C)Oc2cc([N+](=O)[O-])ccc2[C@H](NCCc2ccccc2)C1O. The Labute approximate surface area is 146 Å². The molecule has 0 fully saturated rings. The molecule has 1 aliphatic rings. The van der Waals surface area contributed by atoms with Gasteiger partial charge in [0.05, 0.1) is 17.0 Å². The van der Waals surface area contributed by atoms with E-state index in [1.807, 2.05) is 18.2 Å². The van der Waals surface area contributed by atoms with Crippen LogP contribution in [0.5, 0.6) is 5.75 Å². The molecule has 2 aromatic carbocycles. The molecule has 1 aliphatic heterocycles. The lowest BCUT2D eigenvalue weighted by Crippen LogP contribution is -2.52. The number of non-ortho nitro benzene ring substituents is 1. The maximum atomic E-state index is 11.0. The molecular weight excluding hydrogens is 320 g/mol. The van der Waals surface area contributed by atoms with Crippen LogP contribution in [0, 0.1) is 10.1 Å². The zero-order chi connectivity index (χ0) is 18.0. The Hall–Kier alpha value is -2.44. The topological polar surface area (TPSA) is 84.6 Å². The van der Waals surface area contributed by atoms with Gasteiger partial charge in [-0.15, -0.1) is 0 Å². The molecule has 25 heavy (non-hydrogen) atoms. The van der Waals surface area contributed by atoms with Crippen LogP contribution in [-0.4, -0.2) is 28.3 Å². The number of aliphatic hydroxyl groups excluding tert-OH is 1. The van der Waals surface area contributed by atoms with Crippen molar-refractivity contribution in [3.63, 3.8) is 0 Å². The maximum absolute atomic E-state index is 11.0. The third kappa shape index (κ3) is 3.65. The standard InChI is InChI=1S/C19H22N2O4/c1-19(2)18(22)17(20-11-10-13-6-4-3-5-7-13)15-9-8-14(21(23)24)12-16(15)25-19/h3-9,12,17-18,20,22H,10-11H2,1-2H3/t17-,18?/m0/s1. The lowest BCUT2D eigenvalue weighted by Gasteiger charge is -2.42. The quantitative estimate of drug-likeness (QED) is 0.644. The van der Waals surface area contributed by atoms with E-state index in [2.05, 4.69) is 17.4 Å². The van der Waals surface area contributed by atoms with Gasteiger partial charge in [-0.25, -0.2) is 0 Å². The van der Waals surface area contributed by atoms with E-state index in [-0.39, 0.29) is 11.7 Å². The molecule has 132 valence electrons. The molecule has 0 saturated heterocycles. The number of benzene rings is 2. The van der Waals surface area contributed by atoms with Crippen molar-refractivity contribution in [3.05, 3.63) is 69.8 Å². The number of nitro groups is 1. The van der Waals surface area contributed by atoms with Crippen LogP contribution in [0.15, 0.2) is 48.5 Å². The van der Waals surface area contributed by atoms with Crippen LogP contribution < -0.4 is 10.1 Å². The predicted molar refractivity (Wildman–Crippen MR) is 94.7 cm³/mol. The van der Waals surface area contributed by atoms with E-state index < -0.39 is 16.6 Å². The van der Waals surface area contributed by atoms with E-state index in [0.717, 1.165) is 12.0 Å². The zero-order valence-corrected chi connectivity index (χ0v) is 14.3. The summed E-state index contributed by atoms with van der Waals surface area (Å²) < 4.78 is 5.82. The fraction of sp³-hybridized carbons (Fsp3) is 0.368. The Balaban J connectivity index is 1.81. The molecule has 0 amide bonds. The Morgan fingerprint density at radius 1 is 1.24 bits per heavy atom. The average Bonchev–Trinajstić information content (AvgIpc) is 2.58. The van der Waals surface area contributed by atoms with Crippen molar-refractivity contribution in [1.82, 2.24) is 5.32 Å². The van der Waals surface area contributed by atoms with Crippen LogP contribution >= 0.6 is 0 Å². The summed E-state index contributed by atoms with van der Waals surface area (Å²) in [5.74, 6) is 0.446. The molecule has 0 bridgehead atoms. The second-order valence-corrected chi connectivity index (χ2v) is 6.80. The van der Waals surface area contributed by atoms with E-state index in [4.69, 9.17) is 4.74 Å². The first-order valence-corrected chi connectivity index (χ1v) is 8.31. The minimum Gasteiger partial charge on any atom is -0.484 e. The first kappa shape index (κ1) is 17.4. The summed E-state index contributed by atoms with van der Waals surface area (Å²) >= 11 is 0. The molecule has 2 atom stereocenters. The van der Waals surface area contributed by atoms with E-state index in [9.17, 15) is 15.2 Å². The van der Waals surface area contributed by atoms with Gasteiger partial charge in [0, 0.05) is 11.6 Å². The van der Waals surface area contributed by atoms with E-state index in [0.29, 0.717) is 12.3 Å². The average molecular weight is 342 g/mol. The molecule has 2 aromatic rings. The first-order chi connectivity index (χ1) is 11.9. The van der Waals surface area contributed by atoms with E-state index in [1.165, 1.54) is 17.7 Å². The molecule has 6 nitrogen and oxygen atoms in total. The van der Waals surface area contributed by atoms with Gasteiger partial charge in [0.25, 0.3) is 5.69 Å². The smallest absolute Gasteiger partial charge is 0.273 e. The van der Waals surface area contributed by atoms with Gasteiger partial charge < -0.3 is 15.2 Å². The van der Waals surface area contributed by atoms with Crippen molar-refractivity contribution >= 4 is 5.69 Å². The van der Waals surface area contributed by atoms with Crippen molar-refractivity contribution < 1.29 is 14.8 Å². The second kappa shape index (κ2) is 6.82. The van der Waals surface area contributed by atoms with Gasteiger partial charge in [0.1, 0.15) is 17.5 Å². The van der Waals surface area contributed by atoms with Crippen molar-refractivity contribution in [1.29, 1.82) is 0 Å². The van der Waals surface area contributed by atoms with Gasteiger partial charge in [-0.3, -0.25) is 10.1 Å². The number of fused-ring (bicyclic) bond motifs is 1. The molecule has 1 heterocycles. The summed E-state index contributed by atoms with van der Waals surface area (Å²) in [6.45, 7) is 4.24. The summed E-state index contributed by atoms with van der Waals surface area (Å²) in [5, 5.41) is 25.1. The van der Waals surface area contributed by atoms with Gasteiger partial charge in [-0.2, -0.15) is 0 Å². The predicted octanol–water partition coefficient (Wildman–Crippen LogP) is 3.00. The van der Waals surface area contributed by atoms with Crippen LogP contribution in [0.25, 0.3) is 0 Å². The summed E-state index contributed by atoms with van der Waals surface area (Å²) in [6.07, 6.45) is 0.0606. The molecule has 0 spiro atoms. The van der Waals surface area contributed by atoms with Crippen molar-refractivity contribution in [2.24, 2.45) is 0 Å². The molecule has 0 saturated carbocycles. The fourth-order valence-corrected chi connectivity index (χ4v) is 3.14. The number of hydrogen-bond donors (Lipinski definition) is 2. The molecule has 2 N–H and O–H groups in total. The van der Waals surface area contributed by atoms with Crippen LogP contribution in [0.4, 0.5) is 5.69 Å². The largest absolute Gasteiger partial charge is 0.484 e. The maximum Gasteiger partial charge on any atom is 0.273 e. The summed E-state index contributed by atoms with van der Waals surface area (Å²) in [6, 6.07) is 14.3. The minimum atomic E-state index is -0.841. The molecule has 0 radical (unpaired) electrons. The third-order valence-electron chi connectivity index (χ3n) is 4.56. The summed E-state index contributed by atoms with van der Waals surface area (Å²) in [5.41, 5.74) is 1.09. The van der Waals surface area contributed by atoms with Gasteiger partial charge in [-0.05, 0) is 38.4 Å². The van der Waals surface area contributed by atoms with E-state index >= 15 is 0 Å². The number of rotatable bonds is 5. The Morgan fingerprint density at radius 3 is 2.64 bits per heavy atom. The summed E-state index contributed by atoms with van der Waals surface area (Å²) in [4.78, 5) is 10.6. The van der Waals surface area contributed by atoms with Crippen LogP contribution in [-0.2, 0) is 6.42 Å². The highest BCUT2D eigenvalue weighted by atomic mass is 16.6. The first-order valence-electron chi connectivity index (χ1n) is 8.31. The van der Waals surface area contributed by atoms with Crippen LogP contribution in [0.2, 0.25) is 0 Å². The molecule has 6 heteroatoms. The monoisotopic (exact) mass is 342 g/mol. The molecular formula is C19H22N2O4. The second-order valence-electron chi connectivity index (χ2n) is 6.80. The number of aliphatic hydroxyl groups is 1. The Bertz CT molecular complexity index is 761. The highest BCUT2D eigenvalue weighted by molar-refractivity contribution is 5.48. The number of ether oxygens (including phenoxy) is 1. The van der Waals surface area contributed by atoms with Crippen molar-refractivity contribution in [2.75, 3.05) is 6.54 Å². The van der Waals surface area contributed by atoms with Gasteiger partial charge in [-0.1, -0.05) is 30.3 Å². The normalized spacial score (nSPS) is 21.2. The molecule has 0 aliphatic carbocycles. The van der Waals surface area contributed by atoms with Gasteiger partial charge >= 0.3 is 0 Å². The zero-order valence-electron chi connectivity index (χ0n) is 14.3. The van der Waals surface area contributed by atoms with Gasteiger partial charge in [0.2, 0.25) is 0 Å². The van der Waals surface area contributed by atoms with Crippen molar-refractivity contribution in [2.45, 2.75) is 38.0 Å². The Kier molecular flexibility index (Phi) is 4.74. The van der Waals surface area contributed by atoms with Crippen molar-refractivity contribution in [3.8, 4) is 5.75 Å². The highest BCUT2D eigenvalue weighted by Crippen LogP contribution is 2.41. The Morgan fingerprint density at radius 2 is 1.96 bits per heavy atom. The number of nitro benzene ring substituents is 1. The molecule has 1 unspecified atom stereocenters. The number of nitrogens with one attached hydrogen (secondary N) is 1. The molecule has 0 aromatic heterocycles. The van der Waals surface area contributed by atoms with Crippen LogP contribution in [0.3, 0.4) is 0 Å². The molecule has 3 rings (SSSR count). The number of nitrogens with zero attached hydrogens (tertiary/aromatic N) is 1. The third-order valence-corrected chi connectivity index (χ3v) is 4.56.